The van der Waals surface area contributed by atoms with Gasteiger partial charge in [0.25, 0.3) is 0 Å². The van der Waals surface area contributed by atoms with E-state index >= 15 is 0 Å². The molecule has 7 heteroatoms. The van der Waals surface area contributed by atoms with Crippen LogP contribution in [0.15, 0.2) is 30.5 Å². The van der Waals surface area contributed by atoms with Crippen LogP contribution in [-0.4, -0.2) is 40.6 Å². The number of rotatable bonds is 4. The molecule has 0 spiro atoms. The molecule has 2 aliphatic rings. The zero-order valence-corrected chi connectivity index (χ0v) is 16.1. The minimum absolute atomic E-state index is 0.0280. The molecule has 27 heavy (non-hydrogen) atoms. The SMILES string of the molecule is CCN1C(=O)N(C)c2cnc(Nc3ccc(C)cc3)nc2N1C1CCCC1. The highest BCUT2D eigenvalue weighted by molar-refractivity contribution is 5.98. The van der Waals surface area contributed by atoms with E-state index in [1.807, 2.05) is 19.1 Å². The fourth-order valence-corrected chi connectivity index (χ4v) is 3.89. The van der Waals surface area contributed by atoms with Crippen molar-refractivity contribution < 1.29 is 4.79 Å². The zero-order valence-electron chi connectivity index (χ0n) is 16.1. The van der Waals surface area contributed by atoms with Gasteiger partial charge in [0, 0.05) is 19.3 Å². The molecule has 1 fully saturated rings. The lowest BCUT2D eigenvalue weighted by Crippen LogP contribution is -2.59. The van der Waals surface area contributed by atoms with Crippen molar-refractivity contribution in [1.82, 2.24) is 15.0 Å². The van der Waals surface area contributed by atoms with Crippen LogP contribution in [0.3, 0.4) is 0 Å². The molecule has 2 aromatic rings. The third kappa shape index (κ3) is 3.18. The van der Waals surface area contributed by atoms with E-state index in [1.165, 1.54) is 18.4 Å². The maximum Gasteiger partial charge on any atom is 0.343 e. The topological polar surface area (TPSA) is 64.6 Å². The van der Waals surface area contributed by atoms with Gasteiger partial charge in [0.2, 0.25) is 5.95 Å². The Morgan fingerprint density at radius 1 is 1.19 bits per heavy atom. The summed E-state index contributed by atoms with van der Waals surface area (Å²) >= 11 is 0. The van der Waals surface area contributed by atoms with Gasteiger partial charge in [0.15, 0.2) is 5.82 Å². The van der Waals surface area contributed by atoms with Crippen molar-refractivity contribution in [3.63, 3.8) is 0 Å². The Labute approximate surface area is 160 Å². The van der Waals surface area contributed by atoms with Crippen LogP contribution in [-0.2, 0) is 0 Å². The molecule has 1 aromatic carbocycles. The summed E-state index contributed by atoms with van der Waals surface area (Å²) in [7, 11) is 1.78. The lowest BCUT2D eigenvalue weighted by Gasteiger charge is -2.45. The molecule has 1 aliphatic carbocycles. The molecule has 4 rings (SSSR count). The van der Waals surface area contributed by atoms with Gasteiger partial charge in [-0.05, 0) is 38.8 Å². The lowest BCUT2D eigenvalue weighted by molar-refractivity contribution is 0.191. The summed E-state index contributed by atoms with van der Waals surface area (Å²) in [5, 5.41) is 7.19. The number of hydrogen-bond acceptors (Lipinski definition) is 5. The first-order valence-corrected chi connectivity index (χ1v) is 9.63. The number of nitrogens with zero attached hydrogens (tertiary/aromatic N) is 5. The Hall–Kier alpha value is -2.83. The van der Waals surface area contributed by atoms with Crippen LogP contribution in [0.5, 0.6) is 0 Å². The zero-order chi connectivity index (χ0) is 19.0. The summed E-state index contributed by atoms with van der Waals surface area (Å²) in [6.07, 6.45) is 6.29. The summed E-state index contributed by atoms with van der Waals surface area (Å²) in [6.45, 7) is 4.68. The lowest BCUT2D eigenvalue weighted by atomic mass is 10.2. The third-order valence-electron chi connectivity index (χ3n) is 5.37. The van der Waals surface area contributed by atoms with Gasteiger partial charge in [0.05, 0.1) is 12.2 Å². The van der Waals surface area contributed by atoms with Crippen molar-refractivity contribution in [2.75, 3.05) is 28.8 Å². The molecule has 1 aliphatic heterocycles. The van der Waals surface area contributed by atoms with Crippen molar-refractivity contribution in [3.8, 4) is 0 Å². The normalized spacial score (nSPS) is 17.4. The second-order valence-corrected chi connectivity index (χ2v) is 7.23. The standard InChI is InChI=1S/C20H26N6O/c1-4-25-20(27)24(3)17-13-21-19(22-15-11-9-14(2)10-12-15)23-18(17)26(25)16-7-5-6-8-16/h9-13,16H,4-8H2,1-3H3,(H,21,22,23). The van der Waals surface area contributed by atoms with Crippen LogP contribution in [0, 0.1) is 6.92 Å². The first-order chi connectivity index (χ1) is 13.1. The number of hydrogen-bond donors (Lipinski definition) is 1. The number of aromatic nitrogens is 2. The van der Waals surface area contributed by atoms with Gasteiger partial charge in [-0.2, -0.15) is 4.98 Å². The highest BCUT2D eigenvalue weighted by atomic mass is 16.2. The van der Waals surface area contributed by atoms with Crippen LogP contribution in [0.4, 0.5) is 27.9 Å². The van der Waals surface area contributed by atoms with Gasteiger partial charge in [-0.25, -0.2) is 14.8 Å². The monoisotopic (exact) mass is 366 g/mol. The van der Waals surface area contributed by atoms with Crippen LogP contribution in [0.1, 0.15) is 38.2 Å². The Kier molecular flexibility index (Phi) is 4.59. The smallest absolute Gasteiger partial charge is 0.324 e. The Morgan fingerprint density at radius 2 is 1.89 bits per heavy atom. The number of carbonyl (C=O) groups excluding carboxylic acids is 1. The number of fused-ring (bicyclic) bond motifs is 1. The number of urea groups is 1. The quantitative estimate of drug-likeness (QED) is 0.883. The Balaban J connectivity index is 1.72. The van der Waals surface area contributed by atoms with Crippen LogP contribution < -0.4 is 15.2 Å². The predicted molar refractivity (Wildman–Crippen MR) is 107 cm³/mol. The average Bonchev–Trinajstić information content (AvgIpc) is 3.20. The summed E-state index contributed by atoms with van der Waals surface area (Å²) in [6, 6.07) is 8.42. The van der Waals surface area contributed by atoms with E-state index in [-0.39, 0.29) is 6.03 Å². The molecule has 0 saturated heterocycles. The van der Waals surface area contributed by atoms with E-state index in [4.69, 9.17) is 4.98 Å². The van der Waals surface area contributed by atoms with Crippen LogP contribution in [0.25, 0.3) is 0 Å². The maximum atomic E-state index is 12.8. The molecule has 0 radical (unpaired) electrons. The number of aryl methyl sites for hydroxylation is 1. The third-order valence-corrected chi connectivity index (χ3v) is 5.37. The second-order valence-electron chi connectivity index (χ2n) is 7.23. The number of anilines is 4. The molecule has 0 unspecified atom stereocenters. The molecule has 0 bridgehead atoms. The van der Waals surface area contributed by atoms with Crippen LogP contribution >= 0.6 is 0 Å². The second kappa shape index (κ2) is 7.06. The van der Waals surface area contributed by atoms with E-state index in [9.17, 15) is 4.79 Å². The summed E-state index contributed by atoms with van der Waals surface area (Å²) in [5.41, 5.74) is 2.91. The van der Waals surface area contributed by atoms with Crippen molar-refractivity contribution >= 4 is 29.2 Å². The van der Waals surface area contributed by atoms with E-state index in [1.54, 1.807) is 23.2 Å². The number of benzene rings is 1. The molecule has 1 N–H and O–H groups in total. The molecule has 7 nitrogen and oxygen atoms in total. The fraction of sp³-hybridized carbons (Fsp3) is 0.450. The fourth-order valence-electron chi connectivity index (χ4n) is 3.89. The summed E-state index contributed by atoms with van der Waals surface area (Å²) < 4.78 is 0. The van der Waals surface area contributed by atoms with Crippen molar-refractivity contribution in [1.29, 1.82) is 0 Å². The molecular weight excluding hydrogens is 340 g/mol. The van der Waals surface area contributed by atoms with Crippen molar-refractivity contribution in [2.24, 2.45) is 0 Å². The molecule has 2 heterocycles. The molecule has 1 aromatic heterocycles. The molecule has 2 amide bonds. The summed E-state index contributed by atoms with van der Waals surface area (Å²) in [5.74, 6) is 1.34. The number of amides is 2. The molecule has 142 valence electrons. The van der Waals surface area contributed by atoms with E-state index in [2.05, 4.69) is 34.4 Å². The van der Waals surface area contributed by atoms with E-state index < -0.39 is 0 Å². The van der Waals surface area contributed by atoms with Gasteiger partial charge in [-0.1, -0.05) is 30.5 Å². The van der Waals surface area contributed by atoms with Gasteiger partial charge < -0.3 is 5.32 Å². The molecular formula is C20H26N6O. The number of carbonyl (C=O) groups is 1. The average molecular weight is 366 g/mol. The Bertz CT molecular complexity index is 831. The first kappa shape index (κ1) is 17.6. The maximum absolute atomic E-state index is 12.8. The highest BCUT2D eigenvalue weighted by Crippen LogP contribution is 2.38. The minimum atomic E-state index is -0.0280. The molecule has 0 atom stereocenters. The minimum Gasteiger partial charge on any atom is -0.324 e. The van der Waals surface area contributed by atoms with Gasteiger partial charge in [0.1, 0.15) is 5.69 Å². The highest BCUT2D eigenvalue weighted by Gasteiger charge is 2.39. The Morgan fingerprint density at radius 3 is 2.56 bits per heavy atom. The van der Waals surface area contributed by atoms with Crippen LogP contribution in [0.2, 0.25) is 0 Å². The summed E-state index contributed by atoms with van der Waals surface area (Å²) in [4.78, 5) is 23.7. The first-order valence-electron chi connectivity index (χ1n) is 9.63. The predicted octanol–water partition coefficient (Wildman–Crippen LogP) is 4.08. The largest absolute Gasteiger partial charge is 0.343 e. The van der Waals surface area contributed by atoms with E-state index in [0.717, 1.165) is 30.0 Å². The number of hydrazine groups is 1. The van der Waals surface area contributed by atoms with Gasteiger partial charge in [-0.3, -0.25) is 9.91 Å². The van der Waals surface area contributed by atoms with Crippen molar-refractivity contribution in [3.05, 3.63) is 36.0 Å². The number of nitrogens with one attached hydrogen (secondary N) is 1. The van der Waals surface area contributed by atoms with Crippen molar-refractivity contribution in [2.45, 2.75) is 45.6 Å². The van der Waals surface area contributed by atoms with Gasteiger partial charge >= 0.3 is 6.03 Å². The van der Waals surface area contributed by atoms with E-state index in [0.29, 0.717) is 18.5 Å². The van der Waals surface area contributed by atoms with Gasteiger partial charge in [-0.15, -0.1) is 0 Å². The molecule has 1 saturated carbocycles.